The van der Waals surface area contributed by atoms with E-state index >= 15 is 0 Å². The van der Waals surface area contributed by atoms with Gasteiger partial charge in [-0.3, -0.25) is 9.69 Å². The Hall–Kier alpha value is -2.26. The van der Waals surface area contributed by atoms with Gasteiger partial charge in [0.15, 0.2) is 0 Å². The third kappa shape index (κ3) is 14.4. The number of amides is 2. The van der Waals surface area contributed by atoms with E-state index in [0.717, 1.165) is 41.8 Å². The first kappa shape index (κ1) is 37.7. The summed E-state index contributed by atoms with van der Waals surface area (Å²) >= 11 is 3.61. The Balaban J connectivity index is 0.00000107. The van der Waals surface area contributed by atoms with Crippen molar-refractivity contribution in [2.75, 3.05) is 13.2 Å². The molecular formula is C31H49BrF2N2O4. The minimum Gasteiger partial charge on any atom is -0.444 e. The molecule has 2 N–H and O–H groups in total. The molecule has 0 radical (unpaired) electrons. The lowest BCUT2D eigenvalue weighted by Gasteiger charge is -2.38. The summed E-state index contributed by atoms with van der Waals surface area (Å²) in [5.74, 6) is -0.616. The highest BCUT2D eigenvalue weighted by atomic mass is 79.9. The molecule has 9 heteroatoms. The van der Waals surface area contributed by atoms with Crippen molar-refractivity contribution >= 4 is 27.9 Å². The molecule has 0 fully saturated rings. The molecule has 0 bridgehead atoms. The number of ether oxygens (including phenoxy) is 1. The van der Waals surface area contributed by atoms with Crippen LogP contribution in [0, 0.1) is 0 Å². The topological polar surface area (TPSA) is 78.9 Å². The number of alkyl halides is 1. The first-order chi connectivity index (χ1) is 18.8. The lowest BCUT2D eigenvalue weighted by Crippen LogP contribution is -2.50. The SMILES string of the molecule is CC.CC(=O)N[C@@H](C)C(O)CN(C(=O)OC(C)(C)C)[C@H]1CCCc2c(Br)cccc21.CC/C=C\C/C(F)=C\CF. The first-order valence-corrected chi connectivity index (χ1v) is 14.9. The summed E-state index contributed by atoms with van der Waals surface area (Å²) in [5, 5.41) is 13.3. The molecule has 0 heterocycles. The second kappa shape index (κ2) is 19.8. The lowest BCUT2D eigenvalue weighted by atomic mass is 9.86. The van der Waals surface area contributed by atoms with Gasteiger partial charge in [-0.25, -0.2) is 13.6 Å². The molecule has 1 aromatic carbocycles. The molecule has 1 aliphatic rings. The Morgan fingerprint density at radius 3 is 2.48 bits per heavy atom. The van der Waals surface area contributed by atoms with Gasteiger partial charge in [-0.05, 0) is 76.6 Å². The maximum atomic E-state index is 13.0. The second-order valence-electron chi connectivity index (χ2n) is 10.3. The predicted octanol–water partition coefficient (Wildman–Crippen LogP) is 8.14. The van der Waals surface area contributed by atoms with Crippen molar-refractivity contribution in [2.45, 2.75) is 111 Å². The number of nitrogens with one attached hydrogen (secondary N) is 1. The lowest BCUT2D eigenvalue weighted by molar-refractivity contribution is -0.120. The van der Waals surface area contributed by atoms with E-state index in [-0.39, 0.29) is 24.9 Å². The number of carbonyl (C=O) groups is 2. The van der Waals surface area contributed by atoms with E-state index in [0.29, 0.717) is 0 Å². The molecule has 6 nitrogen and oxygen atoms in total. The fraction of sp³-hybridized carbons (Fsp3) is 0.613. The van der Waals surface area contributed by atoms with Gasteiger partial charge in [0.05, 0.1) is 24.7 Å². The number of hydrogen-bond acceptors (Lipinski definition) is 4. The van der Waals surface area contributed by atoms with Gasteiger partial charge in [-0.1, -0.05) is 61.0 Å². The van der Waals surface area contributed by atoms with Gasteiger partial charge < -0.3 is 15.2 Å². The van der Waals surface area contributed by atoms with Crippen molar-refractivity contribution < 1.29 is 28.2 Å². The maximum absolute atomic E-state index is 13.0. The van der Waals surface area contributed by atoms with Crippen LogP contribution in [0.5, 0.6) is 0 Å². The monoisotopic (exact) mass is 630 g/mol. The van der Waals surface area contributed by atoms with E-state index in [1.165, 1.54) is 12.5 Å². The van der Waals surface area contributed by atoms with Crippen LogP contribution in [0.1, 0.15) is 98.2 Å². The highest BCUT2D eigenvalue weighted by Gasteiger charge is 2.35. The smallest absolute Gasteiger partial charge is 0.410 e. The summed E-state index contributed by atoms with van der Waals surface area (Å²) in [4.78, 5) is 26.0. The normalized spacial score (nSPS) is 16.4. The molecule has 2 amide bonds. The van der Waals surface area contributed by atoms with Gasteiger partial charge in [0, 0.05) is 17.8 Å². The number of carbonyl (C=O) groups excluding carboxylic acids is 2. The van der Waals surface area contributed by atoms with Crippen LogP contribution in [0.3, 0.4) is 0 Å². The van der Waals surface area contributed by atoms with E-state index < -0.39 is 36.3 Å². The predicted molar refractivity (Wildman–Crippen MR) is 163 cm³/mol. The number of allylic oxidation sites excluding steroid dienone is 4. The molecule has 0 saturated carbocycles. The summed E-state index contributed by atoms with van der Waals surface area (Å²) in [5.41, 5.74) is 1.63. The molecule has 1 aliphatic carbocycles. The second-order valence-corrected chi connectivity index (χ2v) is 11.1. The highest BCUT2D eigenvalue weighted by molar-refractivity contribution is 9.10. The number of aliphatic hydroxyl groups excluding tert-OH is 1. The largest absolute Gasteiger partial charge is 0.444 e. The minimum absolute atomic E-state index is 0.0764. The zero-order valence-electron chi connectivity index (χ0n) is 25.4. The summed E-state index contributed by atoms with van der Waals surface area (Å²) in [7, 11) is 0. The van der Waals surface area contributed by atoms with E-state index in [1.54, 1.807) is 17.9 Å². The van der Waals surface area contributed by atoms with Crippen molar-refractivity contribution in [1.29, 1.82) is 0 Å². The van der Waals surface area contributed by atoms with Gasteiger partial charge in [0.1, 0.15) is 18.1 Å². The van der Waals surface area contributed by atoms with Crippen LogP contribution < -0.4 is 5.32 Å². The van der Waals surface area contributed by atoms with E-state index in [2.05, 4.69) is 21.2 Å². The fourth-order valence-corrected chi connectivity index (χ4v) is 4.64. The van der Waals surface area contributed by atoms with Crippen molar-refractivity contribution in [2.24, 2.45) is 0 Å². The van der Waals surface area contributed by atoms with Crippen LogP contribution in [0.15, 0.2) is 46.7 Å². The average Bonchev–Trinajstić information content (AvgIpc) is 2.87. The summed E-state index contributed by atoms with van der Waals surface area (Å²) in [6.07, 6.45) is 6.92. The number of rotatable bonds is 9. The number of nitrogens with zero attached hydrogens (tertiary/aromatic N) is 1. The van der Waals surface area contributed by atoms with Gasteiger partial charge in [0.2, 0.25) is 5.91 Å². The Bertz CT molecular complexity index is 963. The summed E-state index contributed by atoms with van der Waals surface area (Å²) in [6.45, 7) is 13.9. The van der Waals surface area contributed by atoms with E-state index in [1.807, 2.05) is 65.8 Å². The highest BCUT2D eigenvalue weighted by Crippen LogP contribution is 2.38. The van der Waals surface area contributed by atoms with Crippen LogP contribution in [0.25, 0.3) is 0 Å². The van der Waals surface area contributed by atoms with Crippen molar-refractivity contribution in [1.82, 2.24) is 10.2 Å². The first-order valence-electron chi connectivity index (χ1n) is 14.1. The number of aliphatic hydroxyl groups is 1. The summed E-state index contributed by atoms with van der Waals surface area (Å²) < 4.78 is 30.4. The van der Waals surface area contributed by atoms with E-state index in [9.17, 15) is 23.5 Å². The van der Waals surface area contributed by atoms with Crippen molar-refractivity contribution in [3.8, 4) is 0 Å². The molecule has 0 aromatic heterocycles. The maximum Gasteiger partial charge on any atom is 0.410 e. The van der Waals surface area contributed by atoms with Crippen LogP contribution in [-0.4, -0.2) is 53.0 Å². The van der Waals surface area contributed by atoms with Gasteiger partial charge >= 0.3 is 6.09 Å². The number of hydrogen-bond donors (Lipinski definition) is 2. The van der Waals surface area contributed by atoms with Crippen LogP contribution >= 0.6 is 15.9 Å². The van der Waals surface area contributed by atoms with Crippen LogP contribution in [0.4, 0.5) is 13.6 Å². The van der Waals surface area contributed by atoms with E-state index in [4.69, 9.17) is 4.74 Å². The van der Waals surface area contributed by atoms with Crippen LogP contribution in [-0.2, 0) is 16.0 Å². The Labute approximate surface area is 248 Å². The molecule has 1 aromatic rings. The van der Waals surface area contributed by atoms with Crippen molar-refractivity contribution in [3.05, 3.63) is 57.9 Å². The molecule has 0 saturated heterocycles. The molecule has 1 unspecified atom stereocenters. The molecule has 40 heavy (non-hydrogen) atoms. The minimum atomic E-state index is -0.908. The Kier molecular flexibility index (Phi) is 18.6. The molecule has 2 rings (SSSR count). The standard InChI is InChI=1S/C21H31BrN2O4.C8H12F2.C2H6/c1-13(23-14(2)25)19(26)12-24(20(27)28-21(3,4)5)18-11-7-8-15-16(18)9-6-10-17(15)22;1-2-3-4-5-8(10)6-7-9;1-2/h6,9-10,13,18-19,26H,7-8,11-12H2,1-5H3,(H,23,25);3-4,6H,2,5,7H2,1H3;1-2H3/b;4-3-,8-6+;/t13-,18-,19?;;/m0../s1. The molecule has 3 atom stereocenters. The number of halogens is 3. The Morgan fingerprint density at radius 2 is 1.93 bits per heavy atom. The third-order valence-corrected chi connectivity index (χ3v) is 6.57. The zero-order chi connectivity index (χ0) is 30.9. The van der Waals surface area contributed by atoms with Gasteiger partial charge in [0.25, 0.3) is 0 Å². The van der Waals surface area contributed by atoms with Crippen LogP contribution in [0.2, 0.25) is 0 Å². The molecular weight excluding hydrogens is 582 g/mol. The Morgan fingerprint density at radius 1 is 1.27 bits per heavy atom. The molecule has 0 spiro atoms. The zero-order valence-corrected chi connectivity index (χ0v) is 27.0. The number of benzene rings is 1. The molecule has 0 aliphatic heterocycles. The van der Waals surface area contributed by atoms with Crippen molar-refractivity contribution in [3.63, 3.8) is 0 Å². The third-order valence-electron chi connectivity index (χ3n) is 5.83. The van der Waals surface area contributed by atoms with Gasteiger partial charge in [-0.2, -0.15) is 0 Å². The molecule has 228 valence electrons. The summed E-state index contributed by atoms with van der Waals surface area (Å²) in [6, 6.07) is 5.34. The number of fused-ring (bicyclic) bond motifs is 1. The quantitative estimate of drug-likeness (QED) is 0.270. The average molecular weight is 632 g/mol. The van der Waals surface area contributed by atoms with Gasteiger partial charge in [-0.15, -0.1) is 0 Å². The fourth-order valence-electron chi connectivity index (χ4n) is 4.06.